The molecule has 0 aliphatic heterocycles. The molecular formula is C16H11ClF5N5O. The van der Waals surface area contributed by atoms with Crippen molar-refractivity contribution >= 4 is 17.2 Å². The smallest absolute Gasteiger partial charge is 0.425 e. The van der Waals surface area contributed by atoms with Crippen LogP contribution >= 0.6 is 11.6 Å². The minimum Gasteiger partial charge on any atom is -0.464 e. The second-order valence-corrected chi connectivity index (χ2v) is 6.80. The lowest BCUT2D eigenvalue weighted by Gasteiger charge is -2.20. The van der Waals surface area contributed by atoms with Crippen LogP contribution in [0.4, 0.5) is 22.0 Å². The van der Waals surface area contributed by atoms with Gasteiger partial charge in [0.25, 0.3) is 0 Å². The summed E-state index contributed by atoms with van der Waals surface area (Å²) in [6.45, 7) is 0. The van der Waals surface area contributed by atoms with Crippen molar-refractivity contribution in [1.29, 1.82) is 0 Å². The molecule has 3 heterocycles. The van der Waals surface area contributed by atoms with Gasteiger partial charge in [-0.15, -0.1) is 10.2 Å². The molecule has 3 aromatic rings. The number of rotatable bonds is 5. The van der Waals surface area contributed by atoms with Gasteiger partial charge in [0.15, 0.2) is 11.8 Å². The zero-order valence-corrected chi connectivity index (χ0v) is 14.6. The first-order valence-electron chi connectivity index (χ1n) is 8.11. The molecule has 12 heteroatoms. The van der Waals surface area contributed by atoms with Gasteiger partial charge in [-0.3, -0.25) is 9.38 Å². The number of nitrogens with zero attached hydrogens (tertiary/aromatic N) is 5. The number of aromatic nitrogens is 5. The number of pyridine rings is 1. The summed E-state index contributed by atoms with van der Waals surface area (Å²) in [6, 6.07) is 2.70. The highest BCUT2D eigenvalue weighted by Crippen LogP contribution is 2.42. The van der Waals surface area contributed by atoms with E-state index in [1.807, 2.05) is 0 Å². The van der Waals surface area contributed by atoms with Crippen molar-refractivity contribution in [2.75, 3.05) is 0 Å². The first kappa shape index (κ1) is 18.8. The van der Waals surface area contributed by atoms with Crippen LogP contribution in [0.1, 0.15) is 18.7 Å². The fourth-order valence-electron chi connectivity index (χ4n) is 2.70. The average Bonchev–Trinajstić information content (AvgIpc) is 3.35. The Balaban J connectivity index is 1.60. The van der Waals surface area contributed by atoms with Crippen LogP contribution in [-0.2, 0) is 5.38 Å². The molecule has 6 nitrogen and oxygen atoms in total. The molecule has 0 amide bonds. The van der Waals surface area contributed by atoms with Crippen molar-refractivity contribution in [3.63, 3.8) is 0 Å². The Morgan fingerprint density at radius 3 is 2.39 bits per heavy atom. The van der Waals surface area contributed by atoms with E-state index in [1.54, 1.807) is 0 Å². The summed E-state index contributed by atoms with van der Waals surface area (Å²) >= 11 is 5.02. The molecule has 1 unspecified atom stereocenters. The van der Waals surface area contributed by atoms with E-state index in [1.165, 1.54) is 30.7 Å². The lowest BCUT2D eigenvalue weighted by molar-refractivity contribution is -0.201. The summed E-state index contributed by atoms with van der Waals surface area (Å²) in [5.41, 5.74) is 0.661. The zero-order chi connectivity index (χ0) is 20.1. The van der Waals surface area contributed by atoms with Gasteiger partial charge in [0, 0.05) is 29.9 Å². The predicted molar refractivity (Wildman–Crippen MR) is 87.0 cm³/mol. The molecule has 1 aliphatic rings. The van der Waals surface area contributed by atoms with Gasteiger partial charge >= 0.3 is 11.6 Å². The molecule has 0 aromatic carbocycles. The van der Waals surface area contributed by atoms with Crippen LogP contribution in [0.2, 0.25) is 0 Å². The van der Waals surface area contributed by atoms with E-state index in [-0.39, 0.29) is 17.2 Å². The topological polar surface area (TPSA) is 65.2 Å². The van der Waals surface area contributed by atoms with Gasteiger partial charge < -0.3 is 4.74 Å². The van der Waals surface area contributed by atoms with Crippen molar-refractivity contribution in [3.05, 3.63) is 36.5 Å². The van der Waals surface area contributed by atoms with Gasteiger partial charge in [0.2, 0.25) is 11.7 Å². The number of fused-ring (bicyclic) bond motifs is 1. The van der Waals surface area contributed by atoms with Crippen LogP contribution in [0.3, 0.4) is 0 Å². The van der Waals surface area contributed by atoms with Crippen molar-refractivity contribution < 1.29 is 26.7 Å². The fourth-order valence-corrected chi connectivity index (χ4v) is 2.83. The zero-order valence-electron chi connectivity index (χ0n) is 13.9. The molecule has 0 bridgehead atoms. The van der Waals surface area contributed by atoms with Crippen LogP contribution in [0, 0.1) is 5.92 Å². The summed E-state index contributed by atoms with van der Waals surface area (Å²) in [6.07, 6.45) is -1.77. The van der Waals surface area contributed by atoms with E-state index >= 15 is 0 Å². The summed E-state index contributed by atoms with van der Waals surface area (Å²) in [5.74, 6) is -1.52. The van der Waals surface area contributed by atoms with E-state index in [2.05, 4.69) is 20.2 Å². The Hall–Kier alpha value is -2.56. The monoisotopic (exact) mass is 419 g/mol. The maximum Gasteiger partial charge on any atom is 0.425 e. The van der Waals surface area contributed by atoms with E-state index in [9.17, 15) is 22.0 Å². The largest absolute Gasteiger partial charge is 0.464 e. The molecule has 0 N–H and O–H groups in total. The Kier molecular flexibility index (Phi) is 4.36. The second kappa shape index (κ2) is 6.50. The maximum absolute atomic E-state index is 13.4. The predicted octanol–water partition coefficient (Wildman–Crippen LogP) is 4.19. The first-order chi connectivity index (χ1) is 13.1. The third-order valence-electron chi connectivity index (χ3n) is 4.20. The Bertz CT molecular complexity index is 997. The first-order valence-corrected chi connectivity index (χ1v) is 8.48. The average molecular weight is 420 g/mol. The minimum atomic E-state index is -4.48. The van der Waals surface area contributed by atoms with Gasteiger partial charge in [-0.2, -0.15) is 22.0 Å². The fraction of sp³-hybridized carbons (Fsp3) is 0.375. The van der Waals surface area contributed by atoms with Gasteiger partial charge in [0.05, 0.1) is 11.9 Å². The van der Waals surface area contributed by atoms with Crippen LogP contribution in [0.25, 0.3) is 16.9 Å². The van der Waals surface area contributed by atoms with E-state index in [4.69, 9.17) is 16.3 Å². The third kappa shape index (κ3) is 3.71. The van der Waals surface area contributed by atoms with Crippen molar-refractivity contribution in [1.82, 2.24) is 24.6 Å². The summed E-state index contributed by atoms with van der Waals surface area (Å²) in [7, 11) is 0. The quantitative estimate of drug-likeness (QED) is 0.458. The minimum absolute atomic E-state index is 0.0597. The number of ether oxygens (including phenoxy) is 1. The lowest BCUT2D eigenvalue weighted by atomic mass is 10.2. The molecule has 1 saturated carbocycles. The molecule has 28 heavy (non-hydrogen) atoms. The van der Waals surface area contributed by atoms with Crippen LogP contribution in [0.5, 0.6) is 5.88 Å². The third-order valence-corrected chi connectivity index (χ3v) is 4.37. The van der Waals surface area contributed by atoms with Crippen molar-refractivity contribution in [2.24, 2.45) is 5.92 Å². The molecule has 0 radical (unpaired) electrons. The second-order valence-electron chi connectivity index (χ2n) is 6.32. The summed E-state index contributed by atoms with van der Waals surface area (Å²) < 4.78 is 71.9. The van der Waals surface area contributed by atoms with Crippen molar-refractivity contribution in [2.45, 2.75) is 30.5 Å². The van der Waals surface area contributed by atoms with Crippen LogP contribution < -0.4 is 4.74 Å². The standard InChI is InChI=1S/C16H11ClF5N5O/c17-15(18,19)14-26-25-11-6-23-10(7-27(11)14)9-3-4-12(24-5-9)28-13(8-1-2-8)16(20,21)22/h3-8,13H,1-2H2. The molecule has 0 spiro atoms. The molecule has 1 atom stereocenters. The van der Waals surface area contributed by atoms with E-state index in [0.29, 0.717) is 18.4 Å². The van der Waals surface area contributed by atoms with Gasteiger partial charge in [-0.25, -0.2) is 4.98 Å². The molecule has 1 fully saturated rings. The SMILES string of the molecule is FC(F)(Cl)c1nnc2cnc(-c3ccc(OC(C4CC4)C(F)(F)F)nc3)cn12. The van der Waals surface area contributed by atoms with Gasteiger partial charge in [-0.05, 0) is 30.5 Å². The molecule has 1 aliphatic carbocycles. The normalized spacial score (nSPS) is 16.4. The molecule has 4 rings (SSSR count). The number of alkyl halides is 6. The Morgan fingerprint density at radius 2 is 1.82 bits per heavy atom. The Labute approximate surface area is 159 Å². The Morgan fingerprint density at radius 1 is 1.07 bits per heavy atom. The highest BCUT2D eigenvalue weighted by Gasteiger charge is 2.51. The van der Waals surface area contributed by atoms with Crippen LogP contribution in [-0.4, -0.2) is 36.8 Å². The van der Waals surface area contributed by atoms with E-state index in [0.717, 1.165) is 4.40 Å². The molecule has 3 aromatic heterocycles. The van der Waals surface area contributed by atoms with Gasteiger partial charge in [-0.1, -0.05) is 0 Å². The van der Waals surface area contributed by atoms with Gasteiger partial charge in [0.1, 0.15) is 0 Å². The summed E-state index contributed by atoms with van der Waals surface area (Å²) in [4.78, 5) is 7.95. The molecule has 0 saturated heterocycles. The van der Waals surface area contributed by atoms with Crippen molar-refractivity contribution in [3.8, 4) is 17.1 Å². The maximum atomic E-state index is 13.4. The lowest BCUT2D eigenvalue weighted by Crippen LogP contribution is -2.36. The number of hydrogen-bond acceptors (Lipinski definition) is 5. The number of halogens is 6. The summed E-state index contributed by atoms with van der Waals surface area (Å²) in [5, 5.41) is 3.17. The highest BCUT2D eigenvalue weighted by atomic mass is 35.5. The highest BCUT2D eigenvalue weighted by molar-refractivity contribution is 6.21. The van der Waals surface area contributed by atoms with Crippen LogP contribution in [0.15, 0.2) is 30.7 Å². The molecule has 148 valence electrons. The molecular weight excluding hydrogens is 409 g/mol. The van der Waals surface area contributed by atoms with E-state index < -0.39 is 29.4 Å². The number of hydrogen-bond donors (Lipinski definition) is 0.